The number of hydrogen-bond donors (Lipinski definition) is 4. The Morgan fingerprint density at radius 3 is 2.53 bits per heavy atom. The first-order chi connectivity index (χ1) is 18.4. The highest BCUT2D eigenvalue weighted by Crippen LogP contribution is 2.38. The molecule has 5 rings (SSSR count). The second kappa shape index (κ2) is 10.7. The maximum absolute atomic E-state index is 12.8. The van der Waals surface area contributed by atoms with Gasteiger partial charge in [-0.3, -0.25) is 4.79 Å². The number of carbonyl (C=O) groups is 1. The Kier molecular flexibility index (Phi) is 7.05. The Balaban J connectivity index is 1.51. The smallest absolute Gasteiger partial charge is 0.261 e. The summed E-state index contributed by atoms with van der Waals surface area (Å²) in [4.78, 5) is 31.8. The lowest BCUT2D eigenvalue weighted by Gasteiger charge is -2.15. The van der Waals surface area contributed by atoms with Crippen LogP contribution in [0.3, 0.4) is 0 Å². The van der Waals surface area contributed by atoms with Crippen LogP contribution in [-0.4, -0.2) is 36.1 Å². The van der Waals surface area contributed by atoms with Crippen molar-refractivity contribution in [3.05, 3.63) is 90.5 Å². The molecule has 5 aromatic rings. The molecule has 9 nitrogen and oxygen atoms in total. The molecule has 0 spiro atoms. The number of carbonyl (C=O) groups excluding carboxylic acids is 1. The molecule has 0 aliphatic carbocycles. The van der Waals surface area contributed by atoms with E-state index in [1.54, 1.807) is 30.3 Å². The predicted molar refractivity (Wildman–Crippen MR) is 147 cm³/mol. The summed E-state index contributed by atoms with van der Waals surface area (Å²) in [7, 11) is 0. The molecule has 0 radical (unpaired) electrons. The van der Waals surface area contributed by atoms with Crippen molar-refractivity contribution in [2.75, 3.05) is 10.6 Å². The van der Waals surface area contributed by atoms with Crippen LogP contribution in [0.15, 0.2) is 89.0 Å². The Hall–Kier alpha value is -4.70. The van der Waals surface area contributed by atoms with E-state index < -0.39 is 5.91 Å². The van der Waals surface area contributed by atoms with Crippen LogP contribution < -0.4 is 10.6 Å². The van der Waals surface area contributed by atoms with E-state index in [4.69, 9.17) is 0 Å². The molecule has 0 aliphatic heterocycles. The highest BCUT2D eigenvalue weighted by Gasteiger charge is 2.15. The molecule has 10 heteroatoms. The molecule has 38 heavy (non-hydrogen) atoms. The minimum absolute atomic E-state index is 0.0679. The molecule has 1 amide bonds. The van der Waals surface area contributed by atoms with Gasteiger partial charge in [-0.1, -0.05) is 25.6 Å². The van der Waals surface area contributed by atoms with Crippen LogP contribution in [0, 0.1) is 0 Å². The Bertz CT molecular complexity index is 1630. The first kappa shape index (κ1) is 25.0. The third kappa shape index (κ3) is 5.50. The number of fused-ring (bicyclic) bond motifs is 1. The number of aromatic nitrogens is 4. The zero-order valence-electron chi connectivity index (χ0n) is 20.6. The predicted octanol–water partition coefficient (Wildman–Crippen LogP) is 6.10. The first-order valence-electron chi connectivity index (χ1n) is 11.8. The number of nitrogens with zero attached hydrogens (tertiary/aromatic N) is 4. The summed E-state index contributed by atoms with van der Waals surface area (Å²) < 4.78 is 0. The second-order valence-electron chi connectivity index (χ2n) is 8.74. The summed E-state index contributed by atoms with van der Waals surface area (Å²) in [5.74, 6) is 0.185. The number of pyridine rings is 2. The molecule has 0 saturated carbocycles. The molecule has 3 heterocycles. The topological polar surface area (TPSA) is 133 Å². The summed E-state index contributed by atoms with van der Waals surface area (Å²) >= 11 is 1.48. The van der Waals surface area contributed by atoms with Crippen LogP contribution in [0.5, 0.6) is 11.6 Å². The highest BCUT2D eigenvalue weighted by atomic mass is 32.2. The number of hydrogen-bond acceptors (Lipinski definition) is 9. The van der Waals surface area contributed by atoms with Crippen LogP contribution in [0.1, 0.15) is 35.8 Å². The van der Waals surface area contributed by atoms with Crippen molar-refractivity contribution in [2.45, 2.75) is 29.6 Å². The highest BCUT2D eigenvalue weighted by molar-refractivity contribution is 7.99. The lowest BCUT2D eigenvalue weighted by molar-refractivity contribution is 0.102. The fourth-order valence-electron chi connectivity index (χ4n) is 3.71. The van der Waals surface area contributed by atoms with Gasteiger partial charge in [-0.25, -0.2) is 19.9 Å². The van der Waals surface area contributed by atoms with Crippen molar-refractivity contribution in [2.24, 2.45) is 0 Å². The van der Waals surface area contributed by atoms with Gasteiger partial charge < -0.3 is 20.8 Å². The van der Waals surface area contributed by atoms with Gasteiger partial charge in [-0.2, -0.15) is 0 Å². The molecule has 3 aromatic heterocycles. The first-order valence-corrected chi connectivity index (χ1v) is 12.6. The quantitative estimate of drug-likeness (QED) is 0.199. The standard InChI is InChI=1S/C28H24N6O3S/c1-16(2)22-11-10-20-25(33-22)30-15-31-26(20)34-23-14-17(32-28(37)21-4-3-13-29-27(21)36)5-12-24(23)38-19-8-6-18(35)7-9-19/h3-16,35H,1-2H3,(H,29,36)(H,32,37)(H,30,31,33,34). The van der Waals surface area contributed by atoms with Crippen LogP contribution >= 0.6 is 11.8 Å². The molecule has 0 fully saturated rings. The van der Waals surface area contributed by atoms with Gasteiger partial charge in [-0.15, -0.1) is 0 Å². The van der Waals surface area contributed by atoms with Crippen molar-refractivity contribution >= 4 is 45.9 Å². The molecule has 0 atom stereocenters. The maximum atomic E-state index is 12.8. The molecule has 0 saturated heterocycles. The number of amides is 1. The van der Waals surface area contributed by atoms with Crippen molar-refractivity contribution in [1.29, 1.82) is 0 Å². The molecule has 0 bridgehead atoms. The van der Waals surface area contributed by atoms with Crippen molar-refractivity contribution in [3.8, 4) is 11.6 Å². The minimum atomic E-state index is -0.488. The van der Waals surface area contributed by atoms with Crippen LogP contribution in [0.4, 0.5) is 17.2 Å². The van der Waals surface area contributed by atoms with Gasteiger partial charge in [0, 0.05) is 27.4 Å². The lowest BCUT2D eigenvalue weighted by Crippen LogP contribution is -2.12. The van der Waals surface area contributed by atoms with Gasteiger partial charge in [0.2, 0.25) is 5.88 Å². The average molecular weight is 525 g/mol. The molecule has 0 unspecified atom stereocenters. The van der Waals surface area contributed by atoms with Gasteiger partial charge in [0.05, 0.1) is 11.1 Å². The van der Waals surface area contributed by atoms with E-state index in [1.807, 2.05) is 30.3 Å². The van der Waals surface area contributed by atoms with Crippen molar-refractivity contribution < 1.29 is 15.0 Å². The molecule has 0 aliphatic rings. The fourth-order valence-corrected chi connectivity index (χ4v) is 4.60. The van der Waals surface area contributed by atoms with Crippen LogP contribution in [0.25, 0.3) is 11.0 Å². The van der Waals surface area contributed by atoms with E-state index in [0.717, 1.165) is 20.9 Å². The largest absolute Gasteiger partial charge is 0.508 e. The van der Waals surface area contributed by atoms with Gasteiger partial charge in [0.25, 0.3) is 5.91 Å². The molecular weight excluding hydrogens is 500 g/mol. The number of phenolic OH excluding ortho intramolecular Hbond substituents is 1. The van der Waals surface area contributed by atoms with Crippen molar-refractivity contribution in [3.63, 3.8) is 0 Å². The Labute approximate surface area is 223 Å². The number of aromatic hydroxyl groups is 2. The normalized spacial score (nSPS) is 11.0. The molecule has 190 valence electrons. The van der Waals surface area contributed by atoms with E-state index in [2.05, 4.69) is 44.4 Å². The van der Waals surface area contributed by atoms with E-state index in [9.17, 15) is 15.0 Å². The lowest BCUT2D eigenvalue weighted by atomic mass is 10.1. The summed E-state index contributed by atoms with van der Waals surface area (Å²) in [6.45, 7) is 4.15. The van der Waals surface area contributed by atoms with E-state index >= 15 is 0 Å². The molecule has 4 N–H and O–H groups in total. The maximum Gasteiger partial charge on any atom is 0.261 e. The number of anilines is 3. The summed E-state index contributed by atoms with van der Waals surface area (Å²) in [6.07, 6.45) is 2.87. The van der Waals surface area contributed by atoms with E-state index in [-0.39, 0.29) is 23.1 Å². The van der Waals surface area contributed by atoms with E-state index in [1.165, 1.54) is 30.4 Å². The number of rotatable bonds is 7. The zero-order valence-corrected chi connectivity index (χ0v) is 21.4. The summed E-state index contributed by atoms with van der Waals surface area (Å²) in [6, 6.07) is 19.3. The van der Waals surface area contributed by atoms with Gasteiger partial charge in [0.1, 0.15) is 23.5 Å². The second-order valence-corrected chi connectivity index (χ2v) is 9.86. The molecular formula is C28H24N6O3S. The summed E-state index contributed by atoms with van der Waals surface area (Å²) in [5, 5.41) is 26.6. The van der Waals surface area contributed by atoms with Crippen molar-refractivity contribution in [1.82, 2.24) is 19.9 Å². The third-order valence-corrected chi connectivity index (χ3v) is 6.78. The van der Waals surface area contributed by atoms with Crippen LogP contribution in [-0.2, 0) is 0 Å². The molecule has 2 aromatic carbocycles. The monoisotopic (exact) mass is 524 g/mol. The fraction of sp³-hybridized carbons (Fsp3) is 0.107. The van der Waals surface area contributed by atoms with Crippen LogP contribution in [0.2, 0.25) is 0 Å². The van der Waals surface area contributed by atoms with E-state index in [0.29, 0.717) is 22.8 Å². The average Bonchev–Trinajstić information content (AvgIpc) is 2.91. The number of nitrogens with one attached hydrogen (secondary N) is 2. The SMILES string of the molecule is CC(C)c1ccc2c(Nc3cc(NC(=O)c4cccnc4O)ccc3Sc3ccc(O)cc3)ncnc2n1. The van der Waals surface area contributed by atoms with Gasteiger partial charge >= 0.3 is 0 Å². The third-order valence-electron chi connectivity index (χ3n) is 5.70. The minimum Gasteiger partial charge on any atom is -0.508 e. The Morgan fingerprint density at radius 1 is 0.947 bits per heavy atom. The zero-order chi connectivity index (χ0) is 26.6. The van der Waals surface area contributed by atoms with Gasteiger partial charge in [-0.05, 0) is 72.6 Å². The van der Waals surface area contributed by atoms with Gasteiger partial charge in [0.15, 0.2) is 5.65 Å². The number of benzene rings is 2. The summed E-state index contributed by atoms with van der Waals surface area (Å²) in [5.41, 5.74) is 2.78. The Morgan fingerprint density at radius 2 is 1.76 bits per heavy atom. The number of phenols is 1.